The van der Waals surface area contributed by atoms with Crippen molar-refractivity contribution in [1.29, 1.82) is 0 Å². The highest BCUT2D eigenvalue weighted by Crippen LogP contribution is 2.53. The van der Waals surface area contributed by atoms with Gasteiger partial charge >= 0.3 is 0 Å². The molecule has 9 aromatic rings. The summed E-state index contributed by atoms with van der Waals surface area (Å²) in [6, 6.07) is 73.7. The summed E-state index contributed by atoms with van der Waals surface area (Å²) < 4.78 is 6.57. The Balaban J connectivity index is 0.927. The van der Waals surface area contributed by atoms with Gasteiger partial charge in [-0.25, -0.2) is 0 Å². The van der Waals surface area contributed by atoms with E-state index in [1.54, 1.807) is 11.8 Å². The van der Waals surface area contributed by atoms with E-state index in [4.69, 9.17) is 4.74 Å². The van der Waals surface area contributed by atoms with Gasteiger partial charge < -0.3 is 9.64 Å². The molecule has 0 bridgehead atoms. The summed E-state index contributed by atoms with van der Waals surface area (Å²) in [6.45, 7) is 9.70. The summed E-state index contributed by atoms with van der Waals surface area (Å²) in [6.07, 6.45) is 0. The normalized spacial score (nSPS) is 14.6. The molecule has 0 radical (unpaired) electrons. The van der Waals surface area contributed by atoms with Crippen molar-refractivity contribution in [1.82, 2.24) is 0 Å². The molecule has 0 atom stereocenters. The molecule has 0 N–H and O–H groups in total. The van der Waals surface area contributed by atoms with Crippen molar-refractivity contribution in [3.63, 3.8) is 0 Å². The van der Waals surface area contributed by atoms with E-state index in [1.807, 2.05) is 29.6 Å². The van der Waals surface area contributed by atoms with Gasteiger partial charge in [-0.15, -0.1) is 0 Å². The number of rotatable bonds is 6. The molecule has 12 rings (SSSR count). The van der Waals surface area contributed by atoms with Crippen LogP contribution in [-0.2, 0) is 5.41 Å². The lowest BCUT2D eigenvalue weighted by molar-refractivity contribution is 0.456. The van der Waals surface area contributed by atoms with E-state index in [2.05, 4.69) is 226 Å². The lowest BCUT2D eigenvalue weighted by atomic mass is 9.77. The van der Waals surface area contributed by atoms with Crippen LogP contribution < -0.4 is 20.0 Å². The van der Waals surface area contributed by atoms with E-state index in [-0.39, 0.29) is 5.41 Å². The van der Waals surface area contributed by atoms with Gasteiger partial charge in [0.1, 0.15) is 19.6 Å². The van der Waals surface area contributed by atoms with E-state index in [0.29, 0.717) is 0 Å². The number of nitrogens with zero attached hydrogens (tertiary/aromatic N) is 1. The minimum atomic E-state index is -1.87. The average Bonchev–Trinajstić information content (AvgIpc) is 3.34. The lowest BCUT2D eigenvalue weighted by Crippen LogP contribution is -2.56. The molecule has 65 heavy (non-hydrogen) atoms. The zero-order chi connectivity index (χ0) is 43.9. The van der Waals surface area contributed by atoms with Crippen molar-refractivity contribution in [3.8, 4) is 44.9 Å². The Morgan fingerprint density at radius 1 is 0.400 bits per heavy atom. The molecule has 0 fully saturated rings. The van der Waals surface area contributed by atoms with Crippen LogP contribution in [0.25, 0.3) is 33.4 Å². The highest BCUT2D eigenvalue weighted by Gasteiger charge is 2.37. The summed E-state index contributed by atoms with van der Waals surface area (Å²) in [5, 5.41) is 3.05. The molecule has 6 heteroatoms. The molecule has 3 heterocycles. The minimum absolute atomic E-state index is 0.0862. The lowest BCUT2D eigenvalue weighted by Gasteiger charge is -2.35. The predicted molar refractivity (Wildman–Crippen MR) is 278 cm³/mol. The fraction of sp³-hybridized carbons (Fsp3) is 0.0847. The van der Waals surface area contributed by atoms with Crippen LogP contribution in [-0.4, -0.2) is 8.07 Å². The van der Waals surface area contributed by atoms with Gasteiger partial charge in [0, 0.05) is 47.6 Å². The Morgan fingerprint density at radius 2 is 0.877 bits per heavy atom. The van der Waals surface area contributed by atoms with Gasteiger partial charge in [0.2, 0.25) is 0 Å². The molecule has 3 aliphatic rings. The maximum Gasteiger partial charge on any atom is 0.149 e. The van der Waals surface area contributed by atoms with Crippen LogP contribution in [0.1, 0.15) is 25.0 Å². The fourth-order valence-electron chi connectivity index (χ4n) is 9.98. The van der Waals surface area contributed by atoms with Crippen molar-refractivity contribution in [2.75, 3.05) is 4.90 Å². The zero-order valence-corrected chi connectivity index (χ0v) is 40.1. The first-order chi connectivity index (χ1) is 31.7. The Morgan fingerprint density at radius 3 is 1.57 bits per heavy atom. The average molecular weight is 908 g/mol. The maximum atomic E-state index is 6.57. The van der Waals surface area contributed by atoms with E-state index in [9.17, 15) is 0 Å². The Hall–Kier alpha value is -6.15. The largest absolute Gasteiger partial charge is 0.454 e. The van der Waals surface area contributed by atoms with Gasteiger partial charge in [-0.3, -0.25) is 0 Å². The SMILES string of the molecule is CC1(C)c2ccccc2Sc2c(-c3ccc(N(c4ccc(-c5cccc6c5Oc5ccccc5S6)cc4)c4ccc(-c5cccc6c5Sc5ccccc5[Si]6(C)C)cc4)cc3)cccc21. The van der Waals surface area contributed by atoms with Crippen LogP contribution in [0.3, 0.4) is 0 Å². The molecule has 9 aromatic carbocycles. The molecule has 0 amide bonds. The quantitative estimate of drug-likeness (QED) is 0.154. The van der Waals surface area contributed by atoms with Crippen molar-refractivity contribution in [2.45, 2.75) is 61.7 Å². The third-order valence-electron chi connectivity index (χ3n) is 13.5. The van der Waals surface area contributed by atoms with Crippen LogP contribution in [0.2, 0.25) is 13.1 Å². The maximum absolute atomic E-state index is 6.57. The number of para-hydroxylation sites is 2. The van der Waals surface area contributed by atoms with Crippen molar-refractivity contribution >= 4 is 70.8 Å². The Labute approximate surface area is 395 Å². The Bertz CT molecular complexity index is 3170. The first-order valence-corrected chi connectivity index (χ1v) is 27.7. The summed E-state index contributed by atoms with van der Waals surface area (Å²) >= 11 is 5.60. The van der Waals surface area contributed by atoms with Crippen molar-refractivity contribution in [3.05, 3.63) is 211 Å². The van der Waals surface area contributed by atoms with Crippen LogP contribution in [0.4, 0.5) is 17.1 Å². The topological polar surface area (TPSA) is 12.5 Å². The van der Waals surface area contributed by atoms with Gasteiger partial charge in [-0.1, -0.05) is 196 Å². The molecular formula is C59H45NOS3Si. The molecular weight excluding hydrogens is 863 g/mol. The van der Waals surface area contributed by atoms with Crippen LogP contribution >= 0.6 is 35.3 Å². The Kier molecular flexibility index (Phi) is 9.80. The van der Waals surface area contributed by atoms with Crippen molar-refractivity contribution < 1.29 is 4.74 Å². The molecule has 0 aromatic heterocycles. The van der Waals surface area contributed by atoms with E-state index in [0.717, 1.165) is 49.5 Å². The number of hydrogen-bond acceptors (Lipinski definition) is 5. The van der Waals surface area contributed by atoms with Crippen molar-refractivity contribution in [2.24, 2.45) is 0 Å². The molecule has 314 valence electrons. The number of hydrogen-bond donors (Lipinski definition) is 0. The van der Waals surface area contributed by atoms with Gasteiger partial charge in [0.25, 0.3) is 0 Å². The van der Waals surface area contributed by atoms with Gasteiger partial charge in [0.05, 0.1) is 9.79 Å². The summed E-state index contributed by atoms with van der Waals surface area (Å²) in [5.74, 6) is 1.82. The number of fused-ring (bicyclic) bond motifs is 6. The van der Waals surface area contributed by atoms with E-state index >= 15 is 0 Å². The second-order valence-corrected chi connectivity index (χ2v) is 25.6. The third kappa shape index (κ3) is 6.80. The summed E-state index contributed by atoms with van der Waals surface area (Å²) in [7, 11) is -1.87. The molecule has 0 unspecified atom stereocenters. The number of benzene rings is 9. The van der Waals surface area contributed by atoms with Crippen LogP contribution in [0.15, 0.2) is 230 Å². The zero-order valence-electron chi connectivity index (χ0n) is 36.6. The van der Waals surface area contributed by atoms with Gasteiger partial charge in [-0.05, 0) is 116 Å². The molecule has 0 saturated heterocycles. The van der Waals surface area contributed by atoms with Crippen LogP contribution in [0, 0.1) is 0 Å². The third-order valence-corrected chi connectivity index (χ3v) is 20.9. The monoisotopic (exact) mass is 907 g/mol. The van der Waals surface area contributed by atoms with E-state index in [1.165, 1.54) is 63.3 Å². The molecule has 0 spiro atoms. The first kappa shape index (κ1) is 40.4. The molecule has 0 aliphatic carbocycles. The number of anilines is 3. The highest BCUT2D eigenvalue weighted by atomic mass is 32.2. The standard InChI is InChI=1S/C59H45NOS3Si/c1-59(2)47-17-5-7-20-50(47)63-57-45(15-11-18-48(57)59)39-28-34-42(35-29-39)60(41-32-26-38(27-33-41)44-14-12-23-53-56(44)61-49-19-6-8-21-51(49)62-53)43-36-30-40(31-37-43)46-16-13-25-55-58(46)64-52-22-9-10-24-54(52)65(55,3)4/h5-37H,1-4H3. The number of ether oxygens (including phenoxy) is 1. The fourth-order valence-corrected chi connectivity index (χ4v) is 18.1. The molecule has 3 aliphatic heterocycles. The second-order valence-electron chi connectivity index (χ2n) is 18.1. The second kappa shape index (κ2) is 15.8. The first-order valence-electron chi connectivity index (χ1n) is 22.2. The van der Waals surface area contributed by atoms with Crippen LogP contribution in [0.5, 0.6) is 11.5 Å². The predicted octanol–water partition coefficient (Wildman–Crippen LogP) is 16.5. The van der Waals surface area contributed by atoms with Gasteiger partial charge in [-0.2, -0.15) is 0 Å². The molecule has 2 nitrogen and oxygen atoms in total. The summed E-state index contributed by atoms with van der Waals surface area (Å²) in [4.78, 5) is 10.1. The van der Waals surface area contributed by atoms with E-state index < -0.39 is 8.07 Å². The van der Waals surface area contributed by atoms with Gasteiger partial charge in [0.15, 0.2) is 0 Å². The molecule has 0 saturated carbocycles. The highest BCUT2D eigenvalue weighted by molar-refractivity contribution is 8.00. The summed E-state index contributed by atoms with van der Waals surface area (Å²) in [5.41, 5.74) is 13.2. The minimum Gasteiger partial charge on any atom is -0.454 e. The smallest absolute Gasteiger partial charge is 0.149 e.